The smallest absolute Gasteiger partial charge is 0.255 e. The number of hydrogen-bond donors (Lipinski definition) is 0. The van der Waals surface area contributed by atoms with Gasteiger partial charge in [-0.05, 0) is 38.8 Å². The number of rotatable bonds is 5. The van der Waals surface area contributed by atoms with Crippen LogP contribution in [-0.4, -0.2) is 61.5 Å². The molecule has 6 heteroatoms. The Morgan fingerprint density at radius 3 is 2.42 bits per heavy atom. The minimum atomic E-state index is -0.0720. The lowest BCUT2D eigenvalue weighted by molar-refractivity contribution is -0.0956. The van der Waals surface area contributed by atoms with E-state index in [2.05, 4.69) is 23.7 Å². The van der Waals surface area contributed by atoms with Gasteiger partial charge in [0.2, 0.25) is 0 Å². The second-order valence-electron chi connectivity index (χ2n) is 6.32. The molecule has 2 aliphatic heterocycles. The summed E-state index contributed by atoms with van der Waals surface area (Å²) in [4.78, 5) is 21.2. The number of pyridine rings is 1. The summed E-state index contributed by atoms with van der Waals surface area (Å²) in [6.45, 7) is 8.92. The lowest BCUT2D eigenvalue weighted by Gasteiger charge is -2.33. The number of hydrogen-bond acceptors (Lipinski definition) is 5. The van der Waals surface area contributed by atoms with E-state index in [1.165, 1.54) is 0 Å². The Labute approximate surface area is 143 Å². The molecule has 0 aliphatic carbocycles. The average molecular weight is 333 g/mol. The van der Waals surface area contributed by atoms with Gasteiger partial charge in [0.05, 0.1) is 18.8 Å². The number of carbonyl (C=O) groups is 1. The molecule has 132 valence electrons. The second-order valence-corrected chi connectivity index (χ2v) is 6.32. The molecule has 0 aromatic carbocycles. The number of amides is 1. The second kappa shape index (κ2) is 7.94. The van der Waals surface area contributed by atoms with Crippen molar-refractivity contribution in [2.24, 2.45) is 5.92 Å². The van der Waals surface area contributed by atoms with Crippen LogP contribution in [0.3, 0.4) is 0 Å². The molecule has 0 radical (unpaired) electrons. The van der Waals surface area contributed by atoms with Crippen LogP contribution in [0.1, 0.15) is 37.0 Å². The highest BCUT2D eigenvalue weighted by atomic mass is 16.7. The molecule has 0 atom stereocenters. The zero-order valence-electron chi connectivity index (χ0n) is 14.6. The molecule has 2 saturated heterocycles. The van der Waals surface area contributed by atoms with Gasteiger partial charge in [0.15, 0.2) is 6.29 Å². The number of piperidine rings is 1. The lowest BCUT2D eigenvalue weighted by Crippen LogP contribution is -2.41. The topological polar surface area (TPSA) is 54.9 Å². The summed E-state index contributed by atoms with van der Waals surface area (Å²) in [7, 11) is 0. The number of aromatic nitrogens is 1. The molecule has 24 heavy (non-hydrogen) atoms. The molecule has 3 heterocycles. The third-order valence-corrected chi connectivity index (χ3v) is 4.94. The van der Waals surface area contributed by atoms with Gasteiger partial charge in [-0.1, -0.05) is 0 Å². The van der Waals surface area contributed by atoms with Gasteiger partial charge in [0.25, 0.3) is 5.91 Å². The van der Waals surface area contributed by atoms with Crippen molar-refractivity contribution in [3.05, 3.63) is 23.9 Å². The summed E-state index contributed by atoms with van der Waals surface area (Å²) >= 11 is 0. The number of anilines is 1. The third-order valence-electron chi connectivity index (χ3n) is 4.94. The average Bonchev–Trinajstić information content (AvgIpc) is 3.18. The predicted molar refractivity (Wildman–Crippen MR) is 92.1 cm³/mol. The van der Waals surface area contributed by atoms with Gasteiger partial charge in [-0.15, -0.1) is 0 Å². The standard InChI is InChI=1S/C18H27N3O3/c1-3-20(4-2)16-6-5-15(13-19-16)17(22)21-9-7-14(8-10-21)18-23-11-12-24-18/h5-6,13-14,18H,3-4,7-12H2,1-2H3. The maximum Gasteiger partial charge on any atom is 0.255 e. The first kappa shape index (κ1) is 17.2. The van der Waals surface area contributed by atoms with Crippen LogP contribution in [0.25, 0.3) is 0 Å². The monoisotopic (exact) mass is 333 g/mol. The van der Waals surface area contributed by atoms with Crippen LogP contribution in [0.5, 0.6) is 0 Å². The number of likely N-dealkylation sites (tertiary alicyclic amines) is 1. The van der Waals surface area contributed by atoms with Crippen molar-refractivity contribution in [2.75, 3.05) is 44.3 Å². The van der Waals surface area contributed by atoms with Crippen molar-refractivity contribution in [2.45, 2.75) is 33.0 Å². The zero-order valence-corrected chi connectivity index (χ0v) is 14.6. The maximum atomic E-state index is 12.7. The Morgan fingerprint density at radius 1 is 1.21 bits per heavy atom. The fourth-order valence-corrected chi connectivity index (χ4v) is 3.45. The van der Waals surface area contributed by atoms with Gasteiger partial charge in [-0.25, -0.2) is 4.98 Å². The van der Waals surface area contributed by atoms with Crippen molar-refractivity contribution in [3.8, 4) is 0 Å². The Kier molecular flexibility index (Phi) is 5.68. The highest BCUT2D eigenvalue weighted by Crippen LogP contribution is 2.26. The zero-order chi connectivity index (χ0) is 16.9. The maximum absolute atomic E-state index is 12.7. The van der Waals surface area contributed by atoms with Gasteiger partial charge in [-0.3, -0.25) is 4.79 Å². The molecule has 0 bridgehead atoms. The third kappa shape index (κ3) is 3.70. The van der Waals surface area contributed by atoms with Crippen LogP contribution in [0.4, 0.5) is 5.82 Å². The summed E-state index contributed by atoms with van der Waals surface area (Å²) in [5.41, 5.74) is 0.665. The summed E-state index contributed by atoms with van der Waals surface area (Å²) in [5, 5.41) is 0. The van der Waals surface area contributed by atoms with Crippen LogP contribution in [-0.2, 0) is 9.47 Å². The van der Waals surface area contributed by atoms with E-state index in [1.54, 1.807) is 6.20 Å². The minimum Gasteiger partial charge on any atom is -0.357 e. The first-order valence-corrected chi connectivity index (χ1v) is 8.96. The SMILES string of the molecule is CCN(CC)c1ccc(C(=O)N2CCC(C3OCCO3)CC2)cn1. The molecular formula is C18H27N3O3. The van der Waals surface area contributed by atoms with Crippen LogP contribution in [0.2, 0.25) is 0 Å². The summed E-state index contributed by atoms with van der Waals surface area (Å²) in [6.07, 6.45) is 3.49. The molecule has 1 aromatic rings. The Bertz CT molecular complexity index is 531. The highest BCUT2D eigenvalue weighted by molar-refractivity contribution is 5.94. The first-order valence-electron chi connectivity index (χ1n) is 8.96. The van der Waals surface area contributed by atoms with E-state index in [0.29, 0.717) is 24.7 Å². The summed E-state index contributed by atoms with van der Waals surface area (Å²) in [5.74, 6) is 1.39. The van der Waals surface area contributed by atoms with E-state index in [4.69, 9.17) is 9.47 Å². The summed E-state index contributed by atoms with van der Waals surface area (Å²) in [6, 6.07) is 3.82. The normalized spacial score (nSPS) is 19.7. The van der Waals surface area contributed by atoms with E-state index in [0.717, 1.165) is 44.8 Å². The van der Waals surface area contributed by atoms with Gasteiger partial charge in [-0.2, -0.15) is 0 Å². The van der Waals surface area contributed by atoms with E-state index < -0.39 is 0 Å². The molecule has 1 aromatic heterocycles. The molecule has 0 unspecified atom stereocenters. The van der Waals surface area contributed by atoms with Crippen LogP contribution >= 0.6 is 0 Å². The van der Waals surface area contributed by atoms with E-state index >= 15 is 0 Å². The van der Waals surface area contributed by atoms with Crippen LogP contribution < -0.4 is 4.90 Å². The summed E-state index contributed by atoms with van der Waals surface area (Å²) < 4.78 is 11.2. The van der Waals surface area contributed by atoms with E-state index in [-0.39, 0.29) is 12.2 Å². The fourth-order valence-electron chi connectivity index (χ4n) is 3.45. The quantitative estimate of drug-likeness (QED) is 0.826. The molecule has 2 aliphatic rings. The molecule has 2 fully saturated rings. The molecule has 1 amide bonds. The molecule has 3 rings (SSSR count). The van der Waals surface area contributed by atoms with Gasteiger partial charge < -0.3 is 19.3 Å². The molecule has 6 nitrogen and oxygen atoms in total. The highest BCUT2D eigenvalue weighted by Gasteiger charge is 2.32. The Hall–Kier alpha value is -1.66. The van der Waals surface area contributed by atoms with Crippen molar-refractivity contribution in [3.63, 3.8) is 0 Å². The van der Waals surface area contributed by atoms with E-state index in [1.807, 2.05) is 17.0 Å². The minimum absolute atomic E-state index is 0.0697. The molecule has 0 saturated carbocycles. The van der Waals surface area contributed by atoms with Crippen LogP contribution in [0, 0.1) is 5.92 Å². The number of nitrogens with zero attached hydrogens (tertiary/aromatic N) is 3. The predicted octanol–water partition coefficient (Wildman–Crippen LogP) is 2.15. The number of carbonyl (C=O) groups excluding carboxylic acids is 1. The number of ether oxygens (including phenoxy) is 2. The molecular weight excluding hydrogens is 306 g/mol. The van der Waals surface area contributed by atoms with Crippen molar-refractivity contribution in [1.29, 1.82) is 0 Å². The van der Waals surface area contributed by atoms with E-state index in [9.17, 15) is 4.79 Å². The lowest BCUT2D eigenvalue weighted by atomic mass is 9.96. The Balaban J connectivity index is 1.56. The molecule has 0 spiro atoms. The molecule has 0 N–H and O–H groups in total. The van der Waals surface area contributed by atoms with Gasteiger partial charge in [0.1, 0.15) is 5.82 Å². The first-order chi connectivity index (χ1) is 11.7. The van der Waals surface area contributed by atoms with Crippen molar-refractivity contribution in [1.82, 2.24) is 9.88 Å². The van der Waals surface area contributed by atoms with Crippen molar-refractivity contribution >= 4 is 11.7 Å². The largest absolute Gasteiger partial charge is 0.357 e. The van der Waals surface area contributed by atoms with Crippen molar-refractivity contribution < 1.29 is 14.3 Å². The van der Waals surface area contributed by atoms with Crippen LogP contribution in [0.15, 0.2) is 18.3 Å². The van der Waals surface area contributed by atoms with Gasteiger partial charge >= 0.3 is 0 Å². The fraction of sp³-hybridized carbons (Fsp3) is 0.667. The van der Waals surface area contributed by atoms with Gasteiger partial charge in [0, 0.05) is 38.3 Å². The Morgan fingerprint density at radius 2 is 1.88 bits per heavy atom.